The number of carbonyl (C=O) groups excluding carboxylic acids is 1. The van der Waals surface area contributed by atoms with Crippen molar-refractivity contribution in [1.82, 2.24) is 10.3 Å². The van der Waals surface area contributed by atoms with Crippen LogP contribution in [0.3, 0.4) is 0 Å². The normalized spacial score (nSPS) is 10.7. The number of phenolic OH excluding ortho intramolecular Hbond substituents is 1. The number of pyridine rings is 1. The molecule has 0 radical (unpaired) electrons. The minimum absolute atomic E-state index is 0.0988. The van der Waals surface area contributed by atoms with Gasteiger partial charge in [-0.3, -0.25) is 9.78 Å². The standard InChI is InChI=1S/C26H25N3O2/c1-18-9-11-21(30)17-25(18)29-24-13-15-27-23-12-10-20(16-22(23)24)26(31)28-14-5-8-19-6-3-2-4-7-19/h2-4,6-7,9-13,15-17,30H,5,8,14H2,1H3,(H,27,29)(H,28,31). The molecule has 1 aromatic heterocycles. The number of rotatable bonds is 7. The van der Waals surface area contributed by atoms with Crippen molar-refractivity contribution in [3.63, 3.8) is 0 Å². The van der Waals surface area contributed by atoms with Crippen molar-refractivity contribution in [3.8, 4) is 5.75 Å². The number of aromatic nitrogens is 1. The molecule has 0 aliphatic heterocycles. The number of anilines is 2. The molecule has 4 rings (SSSR count). The Kier molecular flexibility index (Phi) is 6.13. The third-order valence-corrected chi connectivity index (χ3v) is 5.26. The van der Waals surface area contributed by atoms with Crippen molar-refractivity contribution in [3.05, 3.63) is 95.7 Å². The average Bonchev–Trinajstić information content (AvgIpc) is 2.79. The summed E-state index contributed by atoms with van der Waals surface area (Å²) in [5.74, 6) is 0.0975. The molecule has 4 aromatic rings. The lowest BCUT2D eigenvalue weighted by Crippen LogP contribution is -2.24. The second-order valence-corrected chi connectivity index (χ2v) is 7.56. The minimum atomic E-state index is -0.0988. The van der Waals surface area contributed by atoms with E-state index in [0.29, 0.717) is 12.1 Å². The predicted octanol–water partition coefficient (Wildman–Crippen LogP) is 5.36. The van der Waals surface area contributed by atoms with Crippen LogP contribution >= 0.6 is 0 Å². The Balaban J connectivity index is 1.48. The van der Waals surface area contributed by atoms with Gasteiger partial charge in [0.15, 0.2) is 0 Å². The first-order chi connectivity index (χ1) is 15.1. The molecule has 5 nitrogen and oxygen atoms in total. The van der Waals surface area contributed by atoms with Gasteiger partial charge < -0.3 is 15.7 Å². The quantitative estimate of drug-likeness (QED) is 0.358. The second kappa shape index (κ2) is 9.30. The van der Waals surface area contributed by atoms with Crippen LogP contribution in [0.15, 0.2) is 79.0 Å². The maximum absolute atomic E-state index is 12.7. The number of nitrogens with one attached hydrogen (secondary N) is 2. The molecule has 0 spiro atoms. The van der Waals surface area contributed by atoms with E-state index in [4.69, 9.17) is 0 Å². The van der Waals surface area contributed by atoms with E-state index >= 15 is 0 Å². The highest BCUT2D eigenvalue weighted by Crippen LogP contribution is 2.29. The summed E-state index contributed by atoms with van der Waals surface area (Å²) in [5, 5.41) is 17.0. The topological polar surface area (TPSA) is 74.2 Å². The summed E-state index contributed by atoms with van der Waals surface area (Å²) in [4.78, 5) is 17.1. The zero-order valence-corrected chi connectivity index (χ0v) is 17.4. The summed E-state index contributed by atoms with van der Waals surface area (Å²) in [6.07, 6.45) is 3.54. The molecule has 1 heterocycles. The van der Waals surface area contributed by atoms with Crippen LogP contribution in [0.5, 0.6) is 5.75 Å². The second-order valence-electron chi connectivity index (χ2n) is 7.56. The summed E-state index contributed by atoms with van der Waals surface area (Å²) in [6.45, 7) is 2.59. The summed E-state index contributed by atoms with van der Waals surface area (Å²) in [5.41, 5.74) is 5.31. The third kappa shape index (κ3) is 5.01. The smallest absolute Gasteiger partial charge is 0.251 e. The SMILES string of the molecule is Cc1ccc(O)cc1Nc1ccnc2ccc(C(=O)NCCCc3ccccc3)cc12. The van der Waals surface area contributed by atoms with Gasteiger partial charge in [0.05, 0.1) is 5.52 Å². The number of benzene rings is 3. The van der Waals surface area contributed by atoms with E-state index in [2.05, 4.69) is 27.8 Å². The van der Waals surface area contributed by atoms with Gasteiger partial charge in [-0.2, -0.15) is 0 Å². The first kappa shape index (κ1) is 20.4. The fraction of sp³-hybridized carbons (Fsp3) is 0.154. The van der Waals surface area contributed by atoms with Crippen LogP contribution in [0, 0.1) is 6.92 Å². The molecule has 1 amide bonds. The fourth-order valence-corrected chi connectivity index (χ4v) is 3.53. The van der Waals surface area contributed by atoms with Crippen LogP contribution in [0.4, 0.5) is 11.4 Å². The Morgan fingerprint density at radius 1 is 0.968 bits per heavy atom. The van der Waals surface area contributed by atoms with E-state index < -0.39 is 0 Å². The van der Waals surface area contributed by atoms with Gasteiger partial charge in [0, 0.05) is 41.1 Å². The number of carbonyl (C=O) groups is 1. The van der Waals surface area contributed by atoms with Gasteiger partial charge in [-0.15, -0.1) is 0 Å². The molecule has 0 saturated heterocycles. The zero-order chi connectivity index (χ0) is 21.6. The third-order valence-electron chi connectivity index (χ3n) is 5.26. The molecule has 3 aromatic carbocycles. The van der Waals surface area contributed by atoms with Crippen LogP contribution in [0.25, 0.3) is 10.9 Å². The molecule has 0 bridgehead atoms. The summed E-state index contributed by atoms with van der Waals surface area (Å²) in [6, 6.07) is 22.8. The van der Waals surface area contributed by atoms with Crippen molar-refractivity contribution in [2.75, 3.05) is 11.9 Å². The summed E-state index contributed by atoms with van der Waals surface area (Å²) >= 11 is 0. The number of aromatic hydroxyl groups is 1. The van der Waals surface area contributed by atoms with E-state index in [1.807, 2.05) is 49.4 Å². The lowest BCUT2D eigenvalue weighted by Gasteiger charge is -2.13. The molecule has 3 N–H and O–H groups in total. The lowest BCUT2D eigenvalue weighted by atomic mass is 10.1. The lowest BCUT2D eigenvalue weighted by molar-refractivity contribution is 0.0953. The van der Waals surface area contributed by atoms with E-state index in [9.17, 15) is 9.90 Å². The van der Waals surface area contributed by atoms with Crippen molar-refractivity contribution >= 4 is 28.2 Å². The van der Waals surface area contributed by atoms with Gasteiger partial charge in [0.1, 0.15) is 5.75 Å². The zero-order valence-electron chi connectivity index (χ0n) is 17.4. The predicted molar refractivity (Wildman–Crippen MR) is 125 cm³/mol. The molecule has 0 atom stereocenters. The number of phenols is 1. The molecule has 5 heteroatoms. The van der Waals surface area contributed by atoms with E-state index in [1.165, 1.54) is 5.56 Å². The highest BCUT2D eigenvalue weighted by molar-refractivity contribution is 6.01. The monoisotopic (exact) mass is 411 g/mol. The molecule has 0 aliphatic carbocycles. The molecule has 0 saturated carbocycles. The minimum Gasteiger partial charge on any atom is -0.508 e. The number of fused-ring (bicyclic) bond motifs is 1. The van der Waals surface area contributed by atoms with Crippen molar-refractivity contribution in [1.29, 1.82) is 0 Å². The van der Waals surface area contributed by atoms with Crippen LogP contribution in [0.1, 0.15) is 27.9 Å². The Morgan fingerprint density at radius 3 is 2.65 bits per heavy atom. The van der Waals surface area contributed by atoms with Crippen molar-refractivity contribution in [2.45, 2.75) is 19.8 Å². The average molecular weight is 412 g/mol. The number of aryl methyl sites for hydroxylation is 2. The number of hydrogen-bond acceptors (Lipinski definition) is 4. The molecule has 0 unspecified atom stereocenters. The van der Waals surface area contributed by atoms with Crippen molar-refractivity contribution < 1.29 is 9.90 Å². The van der Waals surface area contributed by atoms with Crippen LogP contribution in [-0.4, -0.2) is 22.5 Å². The number of hydrogen-bond donors (Lipinski definition) is 3. The largest absolute Gasteiger partial charge is 0.508 e. The van der Waals surface area contributed by atoms with Gasteiger partial charge in [-0.1, -0.05) is 36.4 Å². The molecule has 0 aliphatic rings. The molecule has 156 valence electrons. The highest BCUT2D eigenvalue weighted by Gasteiger charge is 2.10. The Morgan fingerprint density at radius 2 is 1.81 bits per heavy atom. The summed E-state index contributed by atoms with van der Waals surface area (Å²) in [7, 11) is 0. The van der Waals surface area contributed by atoms with E-state index in [0.717, 1.165) is 40.7 Å². The highest BCUT2D eigenvalue weighted by atomic mass is 16.3. The Labute approximate surface area is 181 Å². The molecular weight excluding hydrogens is 386 g/mol. The first-order valence-corrected chi connectivity index (χ1v) is 10.4. The number of amides is 1. The van der Waals surface area contributed by atoms with E-state index in [-0.39, 0.29) is 11.7 Å². The van der Waals surface area contributed by atoms with Gasteiger partial charge in [-0.05, 0) is 61.2 Å². The van der Waals surface area contributed by atoms with Gasteiger partial charge >= 0.3 is 0 Å². The van der Waals surface area contributed by atoms with Gasteiger partial charge in [-0.25, -0.2) is 0 Å². The Hall–Kier alpha value is -3.86. The van der Waals surface area contributed by atoms with Crippen LogP contribution < -0.4 is 10.6 Å². The van der Waals surface area contributed by atoms with Crippen LogP contribution in [-0.2, 0) is 6.42 Å². The fourth-order valence-electron chi connectivity index (χ4n) is 3.53. The first-order valence-electron chi connectivity index (χ1n) is 10.4. The Bertz CT molecular complexity index is 1210. The number of nitrogens with zero attached hydrogens (tertiary/aromatic N) is 1. The van der Waals surface area contributed by atoms with Gasteiger partial charge in [0.25, 0.3) is 5.91 Å². The maximum atomic E-state index is 12.7. The molecule has 0 fully saturated rings. The molecular formula is C26H25N3O2. The van der Waals surface area contributed by atoms with Crippen LogP contribution in [0.2, 0.25) is 0 Å². The molecule has 31 heavy (non-hydrogen) atoms. The van der Waals surface area contributed by atoms with E-state index in [1.54, 1.807) is 24.4 Å². The summed E-state index contributed by atoms with van der Waals surface area (Å²) < 4.78 is 0. The maximum Gasteiger partial charge on any atom is 0.251 e. The van der Waals surface area contributed by atoms with Crippen molar-refractivity contribution in [2.24, 2.45) is 0 Å². The van der Waals surface area contributed by atoms with Gasteiger partial charge in [0.2, 0.25) is 0 Å².